The lowest BCUT2D eigenvalue weighted by Gasteiger charge is -2.43. The number of nitrogens with two attached hydrogens (primary N) is 1. The molecule has 2 rings (SSSR count). The lowest BCUT2D eigenvalue weighted by molar-refractivity contribution is 0.0995. The SMILES string of the molecule is CCC(C)(C(N)Cc1cccc(Cl)c1F)N1CCCC1. The second-order valence-corrected chi connectivity index (χ2v) is 6.34. The molecule has 1 aromatic carbocycles. The third kappa shape index (κ3) is 3.00. The van der Waals surface area contributed by atoms with Gasteiger partial charge in [0.15, 0.2) is 0 Å². The standard InChI is InChI=1S/C16H24ClFN2/c1-3-16(2,20-9-4-5-10-20)14(19)11-12-7-6-8-13(17)15(12)18/h6-8,14H,3-5,9-11,19H2,1-2H3. The summed E-state index contributed by atoms with van der Waals surface area (Å²) >= 11 is 5.85. The van der Waals surface area contributed by atoms with Crippen molar-refractivity contribution in [2.45, 2.75) is 51.1 Å². The van der Waals surface area contributed by atoms with Gasteiger partial charge in [-0.25, -0.2) is 4.39 Å². The fraction of sp³-hybridized carbons (Fsp3) is 0.625. The van der Waals surface area contributed by atoms with Crippen LogP contribution in [0, 0.1) is 5.82 Å². The Balaban J connectivity index is 2.16. The van der Waals surface area contributed by atoms with Crippen LogP contribution in [-0.4, -0.2) is 29.6 Å². The summed E-state index contributed by atoms with van der Waals surface area (Å²) in [6, 6.07) is 5.04. The maximum absolute atomic E-state index is 14.0. The number of rotatable bonds is 5. The van der Waals surface area contributed by atoms with Crippen molar-refractivity contribution < 1.29 is 4.39 Å². The van der Waals surface area contributed by atoms with Gasteiger partial charge in [0.2, 0.25) is 0 Å². The van der Waals surface area contributed by atoms with E-state index in [4.69, 9.17) is 17.3 Å². The van der Waals surface area contributed by atoms with Gasteiger partial charge in [-0.2, -0.15) is 0 Å². The highest BCUT2D eigenvalue weighted by Gasteiger charge is 2.37. The summed E-state index contributed by atoms with van der Waals surface area (Å²) in [7, 11) is 0. The molecule has 0 aliphatic carbocycles. The summed E-state index contributed by atoms with van der Waals surface area (Å²) in [5.74, 6) is -0.329. The van der Waals surface area contributed by atoms with Crippen molar-refractivity contribution in [3.8, 4) is 0 Å². The number of likely N-dealkylation sites (tertiary alicyclic amines) is 1. The van der Waals surface area contributed by atoms with Crippen LogP contribution < -0.4 is 5.73 Å². The smallest absolute Gasteiger partial charge is 0.145 e. The van der Waals surface area contributed by atoms with Crippen molar-refractivity contribution in [3.05, 3.63) is 34.6 Å². The van der Waals surface area contributed by atoms with Crippen LogP contribution in [0.25, 0.3) is 0 Å². The quantitative estimate of drug-likeness (QED) is 0.900. The van der Waals surface area contributed by atoms with Crippen molar-refractivity contribution in [3.63, 3.8) is 0 Å². The highest BCUT2D eigenvalue weighted by atomic mass is 35.5. The molecule has 112 valence electrons. The molecular weight excluding hydrogens is 275 g/mol. The van der Waals surface area contributed by atoms with Gasteiger partial charge in [-0.3, -0.25) is 4.90 Å². The summed E-state index contributed by atoms with van der Waals surface area (Å²) in [5.41, 5.74) is 6.98. The van der Waals surface area contributed by atoms with E-state index in [2.05, 4.69) is 18.7 Å². The summed E-state index contributed by atoms with van der Waals surface area (Å²) in [5, 5.41) is 0.175. The number of halogens is 2. The zero-order valence-corrected chi connectivity index (χ0v) is 13.1. The van der Waals surface area contributed by atoms with Gasteiger partial charge in [0.05, 0.1) is 5.02 Å². The van der Waals surface area contributed by atoms with Crippen LogP contribution in [0.3, 0.4) is 0 Å². The fourth-order valence-corrected chi connectivity index (χ4v) is 3.31. The molecule has 1 aromatic rings. The third-order valence-corrected chi connectivity index (χ3v) is 5.11. The molecule has 20 heavy (non-hydrogen) atoms. The van der Waals surface area contributed by atoms with Crippen LogP contribution in [0.2, 0.25) is 5.02 Å². The fourth-order valence-electron chi connectivity index (χ4n) is 3.11. The Morgan fingerprint density at radius 1 is 1.40 bits per heavy atom. The minimum atomic E-state index is -0.329. The van der Waals surface area contributed by atoms with Crippen LogP contribution in [-0.2, 0) is 6.42 Å². The Kier molecular flexibility index (Phi) is 5.05. The van der Waals surface area contributed by atoms with E-state index >= 15 is 0 Å². The van der Waals surface area contributed by atoms with E-state index in [1.165, 1.54) is 12.8 Å². The van der Waals surface area contributed by atoms with Crippen LogP contribution in [0.5, 0.6) is 0 Å². The van der Waals surface area contributed by atoms with Crippen LogP contribution in [0.4, 0.5) is 4.39 Å². The molecular formula is C16H24ClFN2. The molecule has 0 saturated carbocycles. The van der Waals surface area contributed by atoms with Gasteiger partial charge < -0.3 is 5.73 Å². The predicted octanol–water partition coefficient (Wildman–Crippen LogP) is 3.61. The van der Waals surface area contributed by atoms with Gasteiger partial charge in [-0.1, -0.05) is 30.7 Å². The molecule has 0 bridgehead atoms. The average molecular weight is 299 g/mol. The van der Waals surface area contributed by atoms with Gasteiger partial charge in [-0.15, -0.1) is 0 Å². The van der Waals surface area contributed by atoms with Gasteiger partial charge in [0, 0.05) is 11.6 Å². The van der Waals surface area contributed by atoms with E-state index < -0.39 is 0 Å². The Labute approximate surface area is 126 Å². The molecule has 1 aliphatic rings. The van der Waals surface area contributed by atoms with E-state index in [1.807, 2.05) is 0 Å². The summed E-state index contributed by atoms with van der Waals surface area (Å²) < 4.78 is 14.0. The van der Waals surface area contributed by atoms with Crippen molar-refractivity contribution in [1.29, 1.82) is 0 Å². The lowest BCUT2D eigenvalue weighted by atomic mass is 9.84. The predicted molar refractivity (Wildman–Crippen MR) is 82.6 cm³/mol. The van der Waals surface area contributed by atoms with Gasteiger partial charge in [-0.05, 0) is 57.3 Å². The molecule has 2 N–H and O–H groups in total. The van der Waals surface area contributed by atoms with Gasteiger partial charge in [0.25, 0.3) is 0 Å². The van der Waals surface area contributed by atoms with Crippen LogP contribution in [0.1, 0.15) is 38.7 Å². The zero-order chi connectivity index (χ0) is 14.8. The molecule has 0 aromatic heterocycles. The van der Waals surface area contributed by atoms with Gasteiger partial charge in [0.1, 0.15) is 5.82 Å². The molecule has 1 fully saturated rings. The highest BCUT2D eigenvalue weighted by molar-refractivity contribution is 6.30. The van der Waals surface area contributed by atoms with Crippen molar-refractivity contribution >= 4 is 11.6 Å². The van der Waals surface area contributed by atoms with Gasteiger partial charge >= 0.3 is 0 Å². The Bertz CT molecular complexity index is 460. The van der Waals surface area contributed by atoms with Crippen molar-refractivity contribution in [2.75, 3.05) is 13.1 Å². The topological polar surface area (TPSA) is 29.3 Å². The molecule has 1 aliphatic heterocycles. The Morgan fingerprint density at radius 3 is 2.65 bits per heavy atom. The molecule has 2 atom stereocenters. The molecule has 0 radical (unpaired) electrons. The molecule has 4 heteroatoms. The Morgan fingerprint density at radius 2 is 2.05 bits per heavy atom. The normalized spacial score (nSPS) is 20.9. The summed E-state index contributed by atoms with van der Waals surface area (Å²) in [6.07, 6.45) is 3.95. The second-order valence-electron chi connectivity index (χ2n) is 5.93. The first kappa shape index (κ1) is 15.7. The molecule has 1 saturated heterocycles. The first-order chi connectivity index (χ1) is 9.49. The number of hydrogen-bond acceptors (Lipinski definition) is 2. The third-order valence-electron chi connectivity index (χ3n) is 4.81. The minimum absolute atomic E-state index is 0.0781. The number of nitrogens with zero attached hydrogens (tertiary/aromatic N) is 1. The summed E-state index contributed by atoms with van der Waals surface area (Å²) in [4.78, 5) is 2.46. The molecule has 1 heterocycles. The molecule has 2 nitrogen and oxygen atoms in total. The lowest BCUT2D eigenvalue weighted by Crippen LogP contribution is -2.57. The van der Waals surface area contributed by atoms with Crippen molar-refractivity contribution in [1.82, 2.24) is 4.90 Å². The van der Waals surface area contributed by atoms with Crippen molar-refractivity contribution in [2.24, 2.45) is 5.73 Å². The zero-order valence-electron chi connectivity index (χ0n) is 12.3. The average Bonchev–Trinajstić information content (AvgIpc) is 2.97. The monoisotopic (exact) mass is 298 g/mol. The van der Waals surface area contributed by atoms with Crippen LogP contribution in [0.15, 0.2) is 18.2 Å². The molecule has 0 spiro atoms. The molecule has 2 unspecified atom stereocenters. The Hall–Kier alpha value is -0.640. The highest BCUT2D eigenvalue weighted by Crippen LogP contribution is 2.29. The molecule has 0 amide bonds. The van der Waals surface area contributed by atoms with Crippen LogP contribution >= 0.6 is 11.6 Å². The minimum Gasteiger partial charge on any atom is -0.326 e. The van der Waals surface area contributed by atoms with E-state index in [0.717, 1.165) is 19.5 Å². The largest absolute Gasteiger partial charge is 0.326 e. The number of hydrogen-bond donors (Lipinski definition) is 1. The van der Waals surface area contributed by atoms with E-state index in [-0.39, 0.29) is 22.4 Å². The van der Waals surface area contributed by atoms with E-state index in [9.17, 15) is 4.39 Å². The van der Waals surface area contributed by atoms with E-state index in [1.54, 1.807) is 18.2 Å². The van der Waals surface area contributed by atoms with E-state index in [0.29, 0.717) is 12.0 Å². The number of benzene rings is 1. The second kappa shape index (κ2) is 6.42. The first-order valence-corrected chi connectivity index (χ1v) is 7.80. The first-order valence-electron chi connectivity index (χ1n) is 7.42. The maximum atomic E-state index is 14.0. The maximum Gasteiger partial charge on any atom is 0.145 e. The summed E-state index contributed by atoms with van der Waals surface area (Å²) in [6.45, 7) is 6.55.